The molecule has 0 saturated carbocycles. The van der Waals surface area contributed by atoms with Gasteiger partial charge in [-0.2, -0.15) is 0 Å². The summed E-state index contributed by atoms with van der Waals surface area (Å²) in [6, 6.07) is 24.9. The summed E-state index contributed by atoms with van der Waals surface area (Å²) in [4.78, 5) is 0.822. The van der Waals surface area contributed by atoms with E-state index in [2.05, 4.69) is 66.5 Å². The molecule has 0 heterocycles. The van der Waals surface area contributed by atoms with Gasteiger partial charge in [-0.1, -0.05) is 48.5 Å². The van der Waals surface area contributed by atoms with Crippen molar-refractivity contribution in [2.24, 2.45) is 0 Å². The van der Waals surface area contributed by atoms with Crippen molar-refractivity contribution >= 4 is 45.5 Å². The summed E-state index contributed by atoms with van der Waals surface area (Å²) in [6.45, 7) is 0.767. The van der Waals surface area contributed by atoms with Crippen LogP contribution in [0.15, 0.2) is 77.7 Å². The zero-order valence-corrected chi connectivity index (χ0v) is 14.1. The molecule has 0 atom stereocenters. The zero-order valence-electron chi connectivity index (χ0n) is 13.2. The molecule has 118 valence electrons. The Kier molecular flexibility index (Phi) is 3.79. The first-order valence-corrected chi connectivity index (χ1v) is 8.39. The molecular weight excluding hydrogens is 312 g/mol. The molecule has 24 heavy (non-hydrogen) atoms. The zero-order chi connectivity index (χ0) is 16.5. The first kappa shape index (κ1) is 14.9. The van der Waals surface area contributed by atoms with E-state index in [0.717, 1.165) is 33.6 Å². The molecule has 4 rings (SSSR count). The average molecular weight is 330 g/mol. The smallest absolute Gasteiger partial charge is 0.0535 e. The molecule has 0 amide bonds. The third-order valence-electron chi connectivity index (χ3n) is 4.38. The fourth-order valence-electron chi connectivity index (χ4n) is 3.19. The van der Waals surface area contributed by atoms with Crippen molar-refractivity contribution < 1.29 is 0 Å². The lowest BCUT2D eigenvalue weighted by Gasteiger charge is -2.14. The lowest BCUT2D eigenvalue weighted by molar-refractivity contribution is 1.17. The van der Waals surface area contributed by atoms with Crippen LogP contribution in [0.2, 0.25) is 0 Å². The number of hydrogen-bond acceptors (Lipinski definition) is 3. The van der Waals surface area contributed by atoms with E-state index in [1.165, 1.54) is 16.3 Å². The molecule has 3 N–H and O–H groups in total. The maximum absolute atomic E-state index is 6.31. The van der Waals surface area contributed by atoms with Gasteiger partial charge >= 0.3 is 0 Å². The predicted molar refractivity (Wildman–Crippen MR) is 107 cm³/mol. The number of nitrogens with two attached hydrogens (primary N) is 1. The molecule has 4 aromatic carbocycles. The van der Waals surface area contributed by atoms with Crippen LogP contribution in [0, 0.1) is 0 Å². The van der Waals surface area contributed by atoms with Crippen molar-refractivity contribution in [3.63, 3.8) is 0 Å². The first-order valence-electron chi connectivity index (χ1n) is 7.95. The summed E-state index contributed by atoms with van der Waals surface area (Å²) >= 11 is 4.48. The van der Waals surface area contributed by atoms with Gasteiger partial charge in [0.1, 0.15) is 0 Å². The molecule has 0 saturated heterocycles. The highest BCUT2D eigenvalue weighted by Crippen LogP contribution is 2.35. The summed E-state index contributed by atoms with van der Waals surface area (Å²) < 4.78 is 0. The highest BCUT2D eigenvalue weighted by molar-refractivity contribution is 7.80. The normalized spacial score (nSPS) is 11.0. The Bertz CT molecular complexity index is 1030. The molecular formula is C21H18N2S. The Morgan fingerprint density at radius 1 is 0.833 bits per heavy atom. The van der Waals surface area contributed by atoms with Crippen LogP contribution in [0.4, 0.5) is 11.4 Å². The van der Waals surface area contributed by atoms with Crippen molar-refractivity contribution in [1.29, 1.82) is 0 Å². The molecule has 0 bridgehead atoms. The van der Waals surface area contributed by atoms with Crippen molar-refractivity contribution in [2.45, 2.75) is 11.4 Å². The molecule has 0 unspecified atom stereocenters. The Labute approximate surface area is 146 Å². The van der Waals surface area contributed by atoms with Crippen LogP contribution in [0.1, 0.15) is 5.56 Å². The molecule has 4 aromatic rings. The minimum Gasteiger partial charge on any atom is -0.397 e. The molecule has 3 heteroatoms. The van der Waals surface area contributed by atoms with Gasteiger partial charge in [0.15, 0.2) is 0 Å². The van der Waals surface area contributed by atoms with Gasteiger partial charge in [-0.05, 0) is 46.0 Å². The average Bonchev–Trinajstić information content (AvgIpc) is 2.63. The van der Waals surface area contributed by atoms with Crippen LogP contribution in [0.25, 0.3) is 21.5 Å². The van der Waals surface area contributed by atoms with E-state index in [4.69, 9.17) is 5.73 Å². The SMILES string of the molecule is Nc1c(S)ccc2cc(CNc3ccccc3)c3ccccc3c12. The number of benzene rings is 4. The third kappa shape index (κ3) is 2.57. The third-order valence-corrected chi connectivity index (χ3v) is 4.77. The first-order chi connectivity index (χ1) is 11.7. The molecule has 0 aromatic heterocycles. The minimum atomic E-state index is 0.745. The van der Waals surface area contributed by atoms with Gasteiger partial charge in [-0.25, -0.2) is 0 Å². The second-order valence-electron chi connectivity index (χ2n) is 5.90. The van der Waals surface area contributed by atoms with Crippen LogP contribution in [0.5, 0.6) is 0 Å². The fourth-order valence-corrected chi connectivity index (χ4v) is 3.38. The molecule has 0 radical (unpaired) electrons. The van der Waals surface area contributed by atoms with E-state index < -0.39 is 0 Å². The van der Waals surface area contributed by atoms with E-state index in [-0.39, 0.29) is 0 Å². The van der Waals surface area contributed by atoms with Gasteiger partial charge in [0, 0.05) is 22.5 Å². The largest absolute Gasteiger partial charge is 0.397 e. The summed E-state index contributed by atoms with van der Waals surface area (Å²) in [5.41, 5.74) is 9.43. The fraction of sp³-hybridized carbons (Fsp3) is 0.0476. The summed E-state index contributed by atoms with van der Waals surface area (Å²) in [6.07, 6.45) is 0. The molecule has 0 aliphatic heterocycles. The van der Waals surface area contributed by atoms with Gasteiger partial charge in [-0.3, -0.25) is 0 Å². The van der Waals surface area contributed by atoms with Crippen molar-refractivity contribution in [3.8, 4) is 0 Å². The number of nitrogen functional groups attached to an aromatic ring is 1. The van der Waals surface area contributed by atoms with Gasteiger partial charge in [-0.15, -0.1) is 12.6 Å². The van der Waals surface area contributed by atoms with Crippen LogP contribution < -0.4 is 11.1 Å². The molecule has 0 aliphatic carbocycles. The maximum Gasteiger partial charge on any atom is 0.0535 e. The van der Waals surface area contributed by atoms with Crippen molar-refractivity contribution in [2.75, 3.05) is 11.1 Å². The lowest BCUT2D eigenvalue weighted by atomic mass is 9.96. The van der Waals surface area contributed by atoms with E-state index in [0.29, 0.717) is 0 Å². The van der Waals surface area contributed by atoms with Gasteiger partial charge in [0.25, 0.3) is 0 Å². The van der Waals surface area contributed by atoms with E-state index in [1.807, 2.05) is 24.3 Å². The van der Waals surface area contributed by atoms with E-state index in [1.54, 1.807) is 0 Å². The monoisotopic (exact) mass is 330 g/mol. The Balaban J connectivity index is 1.87. The van der Waals surface area contributed by atoms with Gasteiger partial charge in [0.05, 0.1) is 5.69 Å². The van der Waals surface area contributed by atoms with Crippen LogP contribution in [-0.4, -0.2) is 0 Å². The van der Waals surface area contributed by atoms with E-state index >= 15 is 0 Å². The molecule has 2 nitrogen and oxygen atoms in total. The summed E-state index contributed by atoms with van der Waals surface area (Å²) in [7, 11) is 0. The standard InChI is InChI=1S/C21H18N2S/c22-21-19(24)11-10-14-12-15(13-23-16-6-2-1-3-7-16)17-8-4-5-9-18(17)20(14)21/h1-12,23-24H,13,22H2. The number of para-hydroxylation sites is 1. The number of anilines is 2. The minimum absolute atomic E-state index is 0.745. The topological polar surface area (TPSA) is 38.0 Å². The molecule has 0 aliphatic rings. The van der Waals surface area contributed by atoms with Gasteiger partial charge < -0.3 is 11.1 Å². The number of rotatable bonds is 3. The lowest BCUT2D eigenvalue weighted by Crippen LogP contribution is -2.01. The summed E-state index contributed by atoms with van der Waals surface area (Å²) in [5, 5.41) is 8.12. The number of nitrogens with one attached hydrogen (secondary N) is 1. The highest BCUT2D eigenvalue weighted by atomic mass is 32.1. The quantitative estimate of drug-likeness (QED) is 0.264. The summed E-state index contributed by atoms with van der Waals surface area (Å²) in [5.74, 6) is 0. The van der Waals surface area contributed by atoms with Crippen LogP contribution in [-0.2, 0) is 6.54 Å². The van der Waals surface area contributed by atoms with Crippen LogP contribution >= 0.6 is 12.6 Å². The number of hydrogen-bond donors (Lipinski definition) is 3. The van der Waals surface area contributed by atoms with Crippen LogP contribution in [0.3, 0.4) is 0 Å². The molecule has 0 spiro atoms. The maximum atomic E-state index is 6.31. The number of thiol groups is 1. The van der Waals surface area contributed by atoms with Crippen molar-refractivity contribution in [1.82, 2.24) is 0 Å². The molecule has 0 fully saturated rings. The Morgan fingerprint density at radius 3 is 2.33 bits per heavy atom. The van der Waals surface area contributed by atoms with E-state index in [9.17, 15) is 0 Å². The Hall–Kier alpha value is -2.65. The second kappa shape index (κ2) is 6.10. The Morgan fingerprint density at radius 2 is 1.54 bits per heavy atom. The predicted octanol–water partition coefficient (Wildman–Crippen LogP) is 5.48. The van der Waals surface area contributed by atoms with Gasteiger partial charge in [0.2, 0.25) is 0 Å². The number of fused-ring (bicyclic) bond motifs is 3. The highest BCUT2D eigenvalue weighted by Gasteiger charge is 2.10. The second-order valence-corrected chi connectivity index (χ2v) is 6.38. The van der Waals surface area contributed by atoms with Crippen molar-refractivity contribution in [3.05, 3.63) is 78.4 Å².